The molecule has 0 spiro atoms. The first kappa shape index (κ1) is 17.0. The number of likely N-dealkylation sites (tertiary alicyclic amines) is 1. The van der Waals surface area contributed by atoms with Gasteiger partial charge in [0.05, 0.1) is 13.7 Å². The molecule has 0 saturated carbocycles. The van der Waals surface area contributed by atoms with Gasteiger partial charge in [-0.2, -0.15) is 0 Å². The maximum atomic E-state index is 12.6. The monoisotopic (exact) mass is 330 g/mol. The van der Waals surface area contributed by atoms with E-state index < -0.39 is 0 Å². The molecule has 24 heavy (non-hydrogen) atoms. The standard InChI is InChI=1S/C19H26N2O3/c1-14(9-15-5-3-4-6-17(15)23-2)10-18(22)21-11-16-12-24-8-7-19(16,20)13-21/h3-6,10,16H,7-9,11-13,20H2,1-2H3/b14-10+/t16-,19+/m1/s1. The summed E-state index contributed by atoms with van der Waals surface area (Å²) in [6.07, 6.45) is 3.25. The number of rotatable bonds is 4. The van der Waals surface area contributed by atoms with E-state index in [1.165, 1.54) is 0 Å². The van der Waals surface area contributed by atoms with Gasteiger partial charge in [0.2, 0.25) is 5.91 Å². The first-order valence-electron chi connectivity index (χ1n) is 8.46. The molecular weight excluding hydrogens is 304 g/mol. The molecule has 0 aromatic heterocycles. The van der Waals surface area contributed by atoms with Gasteiger partial charge in [0.25, 0.3) is 0 Å². The summed E-state index contributed by atoms with van der Waals surface area (Å²) in [7, 11) is 1.66. The second-order valence-electron chi connectivity index (χ2n) is 6.95. The molecule has 2 heterocycles. The summed E-state index contributed by atoms with van der Waals surface area (Å²) in [6, 6.07) is 7.89. The highest BCUT2D eigenvalue weighted by Crippen LogP contribution is 2.32. The van der Waals surface area contributed by atoms with E-state index >= 15 is 0 Å². The number of amides is 1. The Morgan fingerprint density at radius 2 is 2.29 bits per heavy atom. The molecule has 2 saturated heterocycles. The molecule has 1 aromatic carbocycles. The van der Waals surface area contributed by atoms with Gasteiger partial charge in [-0.05, 0) is 31.4 Å². The third kappa shape index (κ3) is 3.47. The maximum absolute atomic E-state index is 12.6. The molecule has 3 rings (SSSR count). The molecule has 130 valence electrons. The highest BCUT2D eigenvalue weighted by atomic mass is 16.5. The van der Waals surface area contributed by atoms with E-state index in [1.807, 2.05) is 36.1 Å². The Labute approximate surface area is 143 Å². The van der Waals surface area contributed by atoms with Crippen molar-refractivity contribution >= 4 is 5.91 Å². The SMILES string of the molecule is COc1ccccc1C/C(C)=C/C(=O)N1C[C@@H]2COCC[C@]2(N)C1. The van der Waals surface area contributed by atoms with Crippen LogP contribution in [0.25, 0.3) is 0 Å². The minimum absolute atomic E-state index is 0.0432. The number of allylic oxidation sites excluding steroid dienone is 1. The van der Waals surface area contributed by atoms with Crippen LogP contribution >= 0.6 is 0 Å². The first-order chi connectivity index (χ1) is 11.5. The van der Waals surface area contributed by atoms with Crippen LogP contribution in [-0.2, 0) is 16.0 Å². The molecule has 1 amide bonds. The molecule has 0 bridgehead atoms. The Hall–Kier alpha value is -1.85. The van der Waals surface area contributed by atoms with Crippen molar-refractivity contribution in [2.75, 3.05) is 33.4 Å². The van der Waals surface area contributed by atoms with Crippen LogP contribution in [0.3, 0.4) is 0 Å². The molecule has 5 nitrogen and oxygen atoms in total. The number of nitrogens with zero attached hydrogens (tertiary/aromatic N) is 1. The second kappa shape index (κ2) is 6.95. The first-order valence-corrected chi connectivity index (χ1v) is 8.46. The summed E-state index contributed by atoms with van der Waals surface area (Å²) in [5, 5.41) is 0. The highest BCUT2D eigenvalue weighted by Gasteiger charge is 2.46. The number of hydrogen-bond donors (Lipinski definition) is 1. The van der Waals surface area contributed by atoms with Crippen LogP contribution in [0.15, 0.2) is 35.9 Å². The Balaban J connectivity index is 1.66. The van der Waals surface area contributed by atoms with Gasteiger partial charge in [0, 0.05) is 37.2 Å². The third-order valence-corrected chi connectivity index (χ3v) is 5.11. The van der Waals surface area contributed by atoms with Crippen LogP contribution in [0.1, 0.15) is 18.9 Å². The van der Waals surface area contributed by atoms with Gasteiger partial charge in [0.15, 0.2) is 0 Å². The van der Waals surface area contributed by atoms with Crippen molar-refractivity contribution in [2.24, 2.45) is 11.7 Å². The summed E-state index contributed by atoms with van der Waals surface area (Å²) < 4.78 is 10.9. The largest absolute Gasteiger partial charge is 0.496 e. The lowest BCUT2D eigenvalue weighted by atomic mass is 9.84. The van der Waals surface area contributed by atoms with Crippen molar-refractivity contribution < 1.29 is 14.3 Å². The van der Waals surface area contributed by atoms with Gasteiger partial charge in [-0.3, -0.25) is 4.79 Å². The Kier molecular flexibility index (Phi) is 4.92. The van der Waals surface area contributed by atoms with Crippen LogP contribution in [0.2, 0.25) is 0 Å². The van der Waals surface area contributed by atoms with Crippen LogP contribution in [-0.4, -0.2) is 49.8 Å². The summed E-state index contributed by atoms with van der Waals surface area (Å²) in [5.74, 6) is 1.14. The number of carbonyl (C=O) groups is 1. The lowest BCUT2D eigenvalue weighted by Crippen LogP contribution is -2.52. The summed E-state index contributed by atoms with van der Waals surface area (Å²) in [6.45, 7) is 4.64. The average molecular weight is 330 g/mol. The molecular formula is C19H26N2O3. The van der Waals surface area contributed by atoms with Crippen molar-refractivity contribution in [3.8, 4) is 5.75 Å². The number of para-hydroxylation sites is 1. The third-order valence-electron chi connectivity index (χ3n) is 5.11. The van der Waals surface area contributed by atoms with E-state index in [-0.39, 0.29) is 17.4 Å². The van der Waals surface area contributed by atoms with E-state index in [9.17, 15) is 4.79 Å². The Morgan fingerprint density at radius 3 is 3.04 bits per heavy atom. The lowest BCUT2D eigenvalue weighted by molar-refractivity contribution is -0.125. The fraction of sp³-hybridized carbons (Fsp3) is 0.526. The fourth-order valence-electron chi connectivity index (χ4n) is 3.66. The summed E-state index contributed by atoms with van der Waals surface area (Å²) in [5.41, 5.74) is 8.29. The number of carbonyl (C=O) groups excluding carboxylic acids is 1. The lowest BCUT2D eigenvalue weighted by Gasteiger charge is -2.34. The topological polar surface area (TPSA) is 64.8 Å². The maximum Gasteiger partial charge on any atom is 0.246 e. The van der Waals surface area contributed by atoms with Crippen LogP contribution < -0.4 is 10.5 Å². The summed E-state index contributed by atoms with van der Waals surface area (Å²) >= 11 is 0. The zero-order valence-corrected chi connectivity index (χ0v) is 14.5. The molecule has 0 aliphatic carbocycles. The number of methoxy groups -OCH3 is 1. The molecule has 2 fully saturated rings. The van der Waals surface area contributed by atoms with Gasteiger partial charge >= 0.3 is 0 Å². The molecule has 0 radical (unpaired) electrons. The van der Waals surface area contributed by atoms with Crippen molar-refractivity contribution in [3.63, 3.8) is 0 Å². The van der Waals surface area contributed by atoms with Gasteiger partial charge in [0.1, 0.15) is 5.75 Å². The van der Waals surface area contributed by atoms with Crippen molar-refractivity contribution in [1.29, 1.82) is 0 Å². The normalized spacial score (nSPS) is 27.0. The van der Waals surface area contributed by atoms with Gasteiger partial charge in [-0.25, -0.2) is 0 Å². The number of nitrogens with two attached hydrogens (primary N) is 1. The molecule has 2 aliphatic rings. The molecule has 2 N–H and O–H groups in total. The van der Waals surface area contributed by atoms with E-state index in [0.29, 0.717) is 32.7 Å². The van der Waals surface area contributed by atoms with E-state index in [2.05, 4.69) is 0 Å². The van der Waals surface area contributed by atoms with E-state index in [1.54, 1.807) is 13.2 Å². The minimum atomic E-state index is -0.279. The van der Waals surface area contributed by atoms with Gasteiger partial charge in [-0.15, -0.1) is 0 Å². The zero-order chi connectivity index (χ0) is 17.2. The van der Waals surface area contributed by atoms with Crippen LogP contribution in [0, 0.1) is 5.92 Å². The van der Waals surface area contributed by atoms with Crippen LogP contribution in [0.4, 0.5) is 0 Å². The average Bonchev–Trinajstić information content (AvgIpc) is 2.92. The predicted octanol–water partition coefficient (Wildman–Crippen LogP) is 1.76. The summed E-state index contributed by atoms with van der Waals surface area (Å²) in [4.78, 5) is 14.5. The van der Waals surface area contributed by atoms with Crippen molar-refractivity contribution in [3.05, 3.63) is 41.5 Å². The number of benzene rings is 1. The van der Waals surface area contributed by atoms with E-state index in [0.717, 1.165) is 23.3 Å². The quantitative estimate of drug-likeness (QED) is 0.855. The molecule has 1 aromatic rings. The van der Waals surface area contributed by atoms with Gasteiger partial charge in [-0.1, -0.05) is 23.8 Å². The Bertz CT molecular complexity index is 643. The van der Waals surface area contributed by atoms with Crippen LogP contribution in [0.5, 0.6) is 5.75 Å². The predicted molar refractivity (Wildman–Crippen MR) is 92.9 cm³/mol. The number of ether oxygens (including phenoxy) is 2. The minimum Gasteiger partial charge on any atom is -0.496 e. The number of hydrogen-bond acceptors (Lipinski definition) is 4. The molecule has 2 aliphatic heterocycles. The smallest absolute Gasteiger partial charge is 0.246 e. The second-order valence-corrected chi connectivity index (χ2v) is 6.95. The molecule has 0 unspecified atom stereocenters. The van der Waals surface area contributed by atoms with Crippen molar-refractivity contribution in [2.45, 2.75) is 25.3 Å². The number of fused-ring (bicyclic) bond motifs is 1. The van der Waals surface area contributed by atoms with E-state index in [4.69, 9.17) is 15.2 Å². The highest BCUT2D eigenvalue weighted by molar-refractivity contribution is 5.88. The molecule has 2 atom stereocenters. The molecule has 5 heteroatoms. The Morgan fingerprint density at radius 1 is 1.50 bits per heavy atom. The zero-order valence-electron chi connectivity index (χ0n) is 14.5. The van der Waals surface area contributed by atoms with Crippen molar-refractivity contribution in [1.82, 2.24) is 4.90 Å². The fourth-order valence-corrected chi connectivity index (χ4v) is 3.66. The van der Waals surface area contributed by atoms with Gasteiger partial charge < -0.3 is 20.1 Å².